The number of hydrogen-bond donors (Lipinski definition) is 1. The number of aliphatic hydroxyl groups is 1. The highest BCUT2D eigenvalue weighted by Gasteiger charge is 2.05. The Labute approximate surface area is 78.0 Å². The van der Waals surface area contributed by atoms with E-state index >= 15 is 0 Å². The molecule has 0 saturated heterocycles. The first-order valence-corrected chi connectivity index (χ1v) is 4.46. The zero-order chi connectivity index (χ0) is 9.14. The number of benzene rings is 1. The van der Waals surface area contributed by atoms with Crippen LogP contribution in [0.1, 0.15) is 23.6 Å². The Bertz CT molecular complexity index is 281. The van der Waals surface area contributed by atoms with Crippen molar-refractivity contribution in [3.63, 3.8) is 0 Å². The third-order valence-corrected chi connectivity index (χ3v) is 2.55. The molecule has 0 aliphatic carbocycles. The fourth-order valence-electron chi connectivity index (χ4n) is 1.35. The molecule has 2 heteroatoms. The maximum atomic E-state index is 9.03. The summed E-state index contributed by atoms with van der Waals surface area (Å²) in [5, 5.41) is 9.69. The van der Waals surface area contributed by atoms with Gasteiger partial charge in [0.2, 0.25) is 0 Å². The van der Waals surface area contributed by atoms with Crippen LogP contribution in [-0.2, 0) is 13.0 Å². The van der Waals surface area contributed by atoms with E-state index < -0.39 is 0 Å². The second kappa shape index (κ2) is 3.92. The maximum Gasteiger partial charge on any atom is 0.0699 e. The van der Waals surface area contributed by atoms with Gasteiger partial charge in [0.25, 0.3) is 0 Å². The van der Waals surface area contributed by atoms with Crippen LogP contribution in [0.4, 0.5) is 0 Å². The normalized spacial score (nSPS) is 10.3. The van der Waals surface area contributed by atoms with E-state index in [0.29, 0.717) is 5.02 Å². The topological polar surface area (TPSA) is 20.2 Å². The minimum Gasteiger partial charge on any atom is -0.392 e. The van der Waals surface area contributed by atoms with Crippen LogP contribution in [-0.4, -0.2) is 5.11 Å². The highest BCUT2D eigenvalue weighted by molar-refractivity contribution is 6.31. The second-order valence-corrected chi connectivity index (χ2v) is 3.23. The Hall–Kier alpha value is -0.530. The summed E-state index contributed by atoms with van der Waals surface area (Å²) >= 11 is 5.90. The van der Waals surface area contributed by atoms with Gasteiger partial charge in [0.15, 0.2) is 0 Å². The quantitative estimate of drug-likeness (QED) is 0.750. The van der Waals surface area contributed by atoms with Crippen LogP contribution in [0.5, 0.6) is 0 Å². The van der Waals surface area contributed by atoms with E-state index in [1.807, 2.05) is 19.1 Å². The fraction of sp³-hybridized carbons (Fsp3) is 0.400. The number of halogens is 1. The van der Waals surface area contributed by atoms with Crippen LogP contribution >= 0.6 is 11.6 Å². The molecule has 0 fully saturated rings. The number of aliphatic hydroxyl groups excluding tert-OH is 1. The molecule has 1 nitrogen and oxygen atoms in total. The smallest absolute Gasteiger partial charge is 0.0699 e. The molecule has 1 rings (SSSR count). The molecule has 0 radical (unpaired) electrons. The molecule has 0 aromatic heterocycles. The van der Waals surface area contributed by atoms with Gasteiger partial charge in [-0.1, -0.05) is 24.6 Å². The van der Waals surface area contributed by atoms with E-state index in [9.17, 15) is 0 Å². The number of rotatable bonds is 2. The molecular weight excluding hydrogens is 172 g/mol. The lowest BCUT2D eigenvalue weighted by atomic mass is 10.0. The molecular formula is C10H13ClO. The largest absolute Gasteiger partial charge is 0.392 e. The molecule has 0 aliphatic heterocycles. The first kappa shape index (κ1) is 9.56. The molecule has 0 amide bonds. The molecule has 0 heterocycles. The van der Waals surface area contributed by atoms with Gasteiger partial charge in [-0.15, -0.1) is 0 Å². The van der Waals surface area contributed by atoms with Crippen LogP contribution in [0.15, 0.2) is 12.1 Å². The molecule has 12 heavy (non-hydrogen) atoms. The molecule has 1 aromatic carbocycles. The van der Waals surface area contributed by atoms with Gasteiger partial charge in [-0.3, -0.25) is 0 Å². The van der Waals surface area contributed by atoms with Crippen molar-refractivity contribution in [1.29, 1.82) is 0 Å². The second-order valence-electron chi connectivity index (χ2n) is 2.82. The van der Waals surface area contributed by atoms with E-state index in [1.54, 1.807) is 0 Å². The lowest BCUT2D eigenvalue weighted by molar-refractivity contribution is 0.281. The number of hydrogen-bond acceptors (Lipinski definition) is 1. The monoisotopic (exact) mass is 184 g/mol. The van der Waals surface area contributed by atoms with Crippen LogP contribution < -0.4 is 0 Å². The fourth-order valence-corrected chi connectivity index (χ4v) is 1.61. The summed E-state index contributed by atoms with van der Waals surface area (Å²) < 4.78 is 0. The van der Waals surface area contributed by atoms with Crippen molar-refractivity contribution in [2.45, 2.75) is 26.9 Å². The van der Waals surface area contributed by atoms with Gasteiger partial charge in [-0.2, -0.15) is 0 Å². The van der Waals surface area contributed by atoms with Crippen molar-refractivity contribution in [3.8, 4) is 0 Å². The zero-order valence-electron chi connectivity index (χ0n) is 7.39. The van der Waals surface area contributed by atoms with E-state index in [1.165, 1.54) is 5.56 Å². The Balaban J connectivity index is 3.24. The van der Waals surface area contributed by atoms with Crippen molar-refractivity contribution in [3.05, 3.63) is 33.8 Å². The molecule has 0 aliphatic rings. The summed E-state index contributed by atoms with van der Waals surface area (Å²) in [6.07, 6.45) is 0.982. The van der Waals surface area contributed by atoms with E-state index in [-0.39, 0.29) is 6.61 Å². The summed E-state index contributed by atoms with van der Waals surface area (Å²) in [6.45, 7) is 4.12. The average molecular weight is 185 g/mol. The van der Waals surface area contributed by atoms with Crippen molar-refractivity contribution in [2.24, 2.45) is 0 Å². The lowest BCUT2D eigenvalue weighted by Crippen LogP contribution is -1.95. The van der Waals surface area contributed by atoms with Crippen LogP contribution in [0, 0.1) is 6.92 Å². The minimum absolute atomic E-state index is 0.0263. The standard InChI is InChI=1S/C10H13ClO/c1-3-8-4-5-10(11)9(6-12)7(8)2/h4-5,12H,3,6H2,1-2H3. The zero-order valence-corrected chi connectivity index (χ0v) is 8.15. The predicted molar refractivity (Wildman–Crippen MR) is 51.5 cm³/mol. The number of aryl methyl sites for hydroxylation is 1. The summed E-state index contributed by atoms with van der Waals surface area (Å²) in [6, 6.07) is 3.86. The summed E-state index contributed by atoms with van der Waals surface area (Å²) in [5.41, 5.74) is 3.23. The first-order chi connectivity index (χ1) is 5.70. The Morgan fingerprint density at radius 3 is 2.58 bits per heavy atom. The average Bonchev–Trinajstić information content (AvgIpc) is 2.06. The highest BCUT2D eigenvalue weighted by Crippen LogP contribution is 2.23. The van der Waals surface area contributed by atoms with Gasteiger partial charge in [-0.05, 0) is 36.1 Å². The highest BCUT2D eigenvalue weighted by atomic mass is 35.5. The van der Waals surface area contributed by atoms with E-state index in [0.717, 1.165) is 17.5 Å². The summed E-state index contributed by atoms with van der Waals surface area (Å²) in [4.78, 5) is 0. The first-order valence-electron chi connectivity index (χ1n) is 4.08. The molecule has 66 valence electrons. The van der Waals surface area contributed by atoms with Gasteiger partial charge in [0.1, 0.15) is 0 Å². The van der Waals surface area contributed by atoms with Crippen molar-refractivity contribution in [1.82, 2.24) is 0 Å². The van der Waals surface area contributed by atoms with Gasteiger partial charge in [-0.25, -0.2) is 0 Å². The predicted octanol–water partition coefficient (Wildman–Crippen LogP) is 2.70. The molecule has 1 N–H and O–H groups in total. The maximum absolute atomic E-state index is 9.03. The third-order valence-electron chi connectivity index (χ3n) is 2.19. The van der Waals surface area contributed by atoms with Gasteiger partial charge < -0.3 is 5.11 Å². The van der Waals surface area contributed by atoms with Crippen molar-refractivity contribution >= 4 is 11.6 Å². The van der Waals surface area contributed by atoms with Crippen molar-refractivity contribution in [2.75, 3.05) is 0 Å². The molecule has 0 bridgehead atoms. The minimum atomic E-state index is 0.0263. The van der Waals surface area contributed by atoms with Gasteiger partial charge in [0.05, 0.1) is 6.61 Å². The van der Waals surface area contributed by atoms with Crippen LogP contribution in [0.3, 0.4) is 0 Å². The summed E-state index contributed by atoms with van der Waals surface area (Å²) in [5.74, 6) is 0. The van der Waals surface area contributed by atoms with Gasteiger partial charge in [0, 0.05) is 5.02 Å². The Morgan fingerprint density at radius 2 is 2.08 bits per heavy atom. The third kappa shape index (κ3) is 1.62. The van der Waals surface area contributed by atoms with Crippen molar-refractivity contribution < 1.29 is 5.11 Å². The van der Waals surface area contributed by atoms with Crippen LogP contribution in [0.25, 0.3) is 0 Å². The Morgan fingerprint density at radius 1 is 1.42 bits per heavy atom. The Kier molecular flexibility index (Phi) is 3.12. The van der Waals surface area contributed by atoms with Gasteiger partial charge >= 0.3 is 0 Å². The molecule has 0 spiro atoms. The lowest BCUT2D eigenvalue weighted by Gasteiger charge is -2.09. The molecule has 0 unspecified atom stereocenters. The molecule has 0 saturated carbocycles. The summed E-state index contributed by atoms with van der Waals surface area (Å²) in [7, 11) is 0. The van der Waals surface area contributed by atoms with E-state index in [2.05, 4.69) is 6.92 Å². The molecule has 1 aromatic rings. The SMILES string of the molecule is CCc1ccc(Cl)c(CO)c1C. The molecule has 0 atom stereocenters. The van der Waals surface area contributed by atoms with E-state index in [4.69, 9.17) is 16.7 Å². The van der Waals surface area contributed by atoms with Crippen LogP contribution in [0.2, 0.25) is 5.02 Å².